The van der Waals surface area contributed by atoms with Crippen molar-refractivity contribution in [3.63, 3.8) is 0 Å². The Morgan fingerprint density at radius 2 is 2.00 bits per heavy atom. The first-order valence-corrected chi connectivity index (χ1v) is 3.95. The summed E-state index contributed by atoms with van der Waals surface area (Å²) in [6.45, 7) is 0. The van der Waals surface area contributed by atoms with Crippen LogP contribution >= 0.6 is 0 Å². The van der Waals surface area contributed by atoms with Crippen molar-refractivity contribution in [2.24, 2.45) is 0 Å². The monoisotopic (exact) mass is 177 g/mol. The van der Waals surface area contributed by atoms with Crippen LogP contribution in [-0.4, -0.2) is 18.3 Å². The molecule has 0 aliphatic carbocycles. The summed E-state index contributed by atoms with van der Waals surface area (Å²) >= 11 is 0. The molecular weight excluding hydrogens is 166 g/mol. The first kappa shape index (κ1) is 9.72. The van der Waals surface area contributed by atoms with Crippen LogP contribution in [0.1, 0.15) is 11.7 Å². The zero-order valence-electron chi connectivity index (χ0n) is 7.34. The maximum absolute atomic E-state index is 9.29. The van der Waals surface area contributed by atoms with Crippen LogP contribution in [0.5, 0.6) is 0 Å². The quantitative estimate of drug-likeness (QED) is 0.707. The first-order valence-electron chi connectivity index (χ1n) is 3.95. The molecule has 3 nitrogen and oxygen atoms in total. The molecule has 0 aliphatic heterocycles. The molecular formula is C10H11NO2. The van der Waals surface area contributed by atoms with Gasteiger partial charge in [0.05, 0.1) is 6.07 Å². The van der Waals surface area contributed by atoms with Crippen LogP contribution in [0.4, 0.5) is 0 Å². The highest BCUT2D eigenvalue weighted by Gasteiger charge is 2.19. The minimum absolute atomic E-state index is 0.564. The molecule has 0 unspecified atom stereocenters. The van der Waals surface area contributed by atoms with Gasteiger partial charge in [0.15, 0.2) is 6.10 Å². The van der Waals surface area contributed by atoms with Crippen molar-refractivity contribution in [2.75, 3.05) is 7.11 Å². The highest BCUT2D eigenvalue weighted by molar-refractivity contribution is 5.20. The minimum Gasteiger partial charge on any atom is -0.375 e. The maximum atomic E-state index is 9.29. The topological polar surface area (TPSA) is 53.2 Å². The first-order chi connectivity index (χ1) is 6.29. The van der Waals surface area contributed by atoms with Gasteiger partial charge in [-0.05, 0) is 5.56 Å². The Kier molecular flexibility index (Phi) is 3.44. The second-order valence-corrected chi connectivity index (χ2v) is 2.64. The third-order valence-electron chi connectivity index (χ3n) is 1.80. The van der Waals surface area contributed by atoms with Crippen LogP contribution in [0, 0.1) is 11.3 Å². The fraction of sp³-hybridized carbons (Fsp3) is 0.300. The molecule has 68 valence electrons. The number of nitrogens with zero attached hydrogens (tertiary/aromatic N) is 1. The third kappa shape index (κ3) is 2.28. The van der Waals surface area contributed by atoms with Crippen molar-refractivity contribution in [2.45, 2.75) is 12.2 Å². The smallest absolute Gasteiger partial charge is 0.170 e. The molecule has 0 aliphatic rings. The van der Waals surface area contributed by atoms with E-state index in [1.165, 1.54) is 7.11 Å². The predicted octanol–water partition coefficient (Wildman–Crippen LogP) is 1.26. The molecule has 1 aromatic rings. The molecule has 0 heterocycles. The average molecular weight is 177 g/mol. The number of hydrogen-bond donors (Lipinski definition) is 1. The lowest BCUT2D eigenvalue weighted by atomic mass is 10.1. The normalized spacial score (nSPS) is 14.5. The Morgan fingerprint density at radius 3 is 2.46 bits per heavy atom. The summed E-state index contributed by atoms with van der Waals surface area (Å²) < 4.78 is 5.02. The van der Waals surface area contributed by atoms with E-state index >= 15 is 0 Å². The van der Waals surface area contributed by atoms with E-state index in [9.17, 15) is 5.11 Å². The van der Waals surface area contributed by atoms with E-state index in [0.29, 0.717) is 0 Å². The number of rotatable bonds is 3. The summed E-state index contributed by atoms with van der Waals surface area (Å²) in [7, 11) is 1.47. The van der Waals surface area contributed by atoms with Crippen molar-refractivity contribution in [1.82, 2.24) is 0 Å². The molecule has 1 N–H and O–H groups in total. The fourth-order valence-corrected chi connectivity index (χ4v) is 1.16. The summed E-state index contributed by atoms with van der Waals surface area (Å²) in [5.74, 6) is 0. The molecule has 2 atom stereocenters. The molecule has 3 heteroatoms. The largest absolute Gasteiger partial charge is 0.375 e. The Labute approximate surface area is 77.2 Å². The second kappa shape index (κ2) is 4.61. The second-order valence-electron chi connectivity index (χ2n) is 2.64. The third-order valence-corrected chi connectivity index (χ3v) is 1.80. The van der Waals surface area contributed by atoms with Crippen molar-refractivity contribution in [3.05, 3.63) is 35.9 Å². The van der Waals surface area contributed by atoms with Gasteiger partial charge in [0.2, 0.25) is 0 Å². The zero-order chi connectivity index (χ0) is 9.68. The predicted molar refractivity (Wildman–Crippen MR) is 47.8 cm³/mol. The van der Waals surface area contributed by atoms with E-state index in [-0.39, 0.29) is 0 Å². The Morgan fingerprint density at radius 1 is 1.38 bits per heavy atom. The molecule has 0 fully saturated rings. The van der Waals surface area contributed by atoms with E-state index < -0.39 is 12.2 Å². The summed E-state index contributed by atoms with van der Waals surface area (Å²) in [6, 6.07) is 10.9. The lowest BCUT2D eigenvalue weighted by Crippen LogP contribution is -2.17. The number of ether oxygens (including phenoxy) is 1. The van der Waals surface area contributed by atoms with E-state index in [4.69, 9.17) is 10.00 Å². The number of methoxy groups -OCH3 is 1. The van der Waals surface area contributed by atoms with Crippen LogP contribution in [0.3, 0.4) is 0 Å². The van der Waals surface area contributed by atoms with Crippen molar-refractivity contribution < 1.29 is 9.84 Å². The molecule has 1 aromatic carbocycles. The number of nitriles is 1. The molecule has 0 saturated carbocycles. The molecule has 0 amide bonds. The van der Waals surface area contributed by atoms with E-state index in [0.717, 1.165) is 5.56 Å². The summed E-state index contributed by atoms with van der Waals surface area (Å²) in [4.78, 5) is 0. The SMILES string of the molecule is CO[C@@H](c1ccccc1)[C@H](O)C#N. The highest BCUT2D eigenvalue weighted by atomic mass is 16.5. The molecule has 0 spiro atoms. The Balaban J connectivity index is 2.86. The number of hydrogen-bond acceptors (Lipinski definition) is 3. The number of aliphatic hydroxyl groups is 1. The van der Waals surface area contributed by atoms with Crippen LogP contribution in [0.25, 0.3) is 0 Å². The van der Waals surface area contributed by atoms with Gasteiger partial charge in [0, 0.05) is 7.11 Å². The van der Waals surface area contributed by atoms with Crippen LogP contribution < -0.4 is 0 Å². The average Bonchev–Trinajstić information content (AvgIpc) is 2.20. The zero-order valence-corrected chi connectivity index (χ0v) is 7.34. The van der Waals surface area contributed by atoms with E-state index in [1.807, 2.05) is 30.3 Å². The van der Waals surface area contributed by atoms with Gasteiger partial charge in [-0.3, -0.25) is 0 Å². The molecule has 1 rings (SSSR count). The molecule has 0 aromatic heterocycles. The van der Waals surface area contributed by atoms with Crippen LogP contribution in [0.2, 0.25) is 0 Å². The molecule has 0 radical (unpaired) electrons. The van der Waals surface area contributed by atoms with Gasteiger partial charge in [-0.2, -0.15) is 5.26 Å². The van der Waals surface area contributed by atoms with Gasteiger partial charge < -0.3 is 9.84 Å². The summed E-state index contributed by atoms with van der Waals surface area (Å²) in [6.07, 6.45) is -1.68. The molecule has 0 saturated heterocycles. The molecule has 0 bridgehead atoms. The van der Waals surface area contributed by atoms with E-state index in [2.05, 4.69) is 0 Å². The number of aliphatic hydroxyl groups excluding tert-OH is 1. The van der Waals surface area contributed by atoms with Gasteiger partial charge >= 0.3 is 0 Å². The van der Waals surface area contributed by atoms with Crippen LogP contribution in [-0.2, 0) is 4.74 Å². The van der Waals surface area contributed by atoms with Crippen molar-refractivity contribution in [1.29, 1.82) is 5.26 Å². The highest BCUT2D eigenvalue weighted by Crippen LogP contribution is 2.19. The van der Waals surface area contributed by atoms with Gasteiger partial charge in [0.25, 0.3) is 0 Å². The number of benzene rings is 1. The Bertz CT molecular complexity index is 292. The lowest BCUT2D eigenvalue weighted by molar-refractivity contribution is 0.0145. The van der Waals surface area contributed by atoms with Gasteiger partial charge in [-0.15, -0.1) is 0 Å². The minimum atomic E-state index is -1.12. The summed E-state index contributed by atoms with van der Waals surface area (Å²) in [5.41, 5.74) is 0.805. The van der Waals surface area contributed by atoms with Gasteiger partial charge in [-0.25, -0.2) is 0 Å². The Hall–Kier alpha value is -1.37. The van der Waals surface area contributed by atoms with Crippen molar-refractivity contribution >= 4 is 0 Å². The fourth-order valence-electron chi connectivity index (χ4n) is 1.16. The maximum Gasteiger partial charge on any atom is 0.170 e. The molecule has 13 heavy (non-hydrogen) atoms. The van der Waals surface area contributed by atoms with Gasteiger partial charge in [0.1, 0.15) is 6.10 Å². The standard InChI is InChI=1S/C10H11NO2/c1-13-10(9(12)7-11)8-5-3-2-4-6-8/h2-6,9-10,12H,1H3/t9-,10+/m1/s1. The summed E-state index contributed by atoms with van der Waals surface area (Å²) in [5, 5.41) is 17.8. The van der Waals surface area contributed by atoms with Gasteiger partial charge in [-0.1, -0.05) is 30.3 Å². The van der Waals surface area contributed by atoms with E-state index in [1.54, 1.807) is 6.07 Å². The van der Waals surface area contributed by atoms with Crippen LogP contribution in [0.15, 0.2) is 30.3 Å². The van der Waals surface area contributed by atoms with Crippen molar-refractivity contribution in [3.8, 4) is 6.07 Å². The lowest BCUT2D eigenvalue weighted by Gasteiger charge is -2.16.